The summed E-state index contributed by atoms with van der Waals surface area (Å²) in [5.74, 6) is 0. The van der Waals surface area contributed by atoms with Gasteiger partial charge < -0.3 is 10.0 Å². The topological polar surface area (TPSA) is 26.7 Å². The molecule has 3 nitrogen and oxygen atoms in total. The molecule has 1 N–H and O–H groups in total. The van der Waals surface area contributed by atoms with Gasteiger partial charge in [-0.1, -0.05) is 40.2 Å². The van der Waals surface area contributed by atoms with Gasteiger partial charge in [0, 0.05) is 42.9 Å². The van der Waals surface area contributed by atoms with Gasteiger partial charge in [0.05, 0.1) is 6.10 Å². The Balaban J connectivity index is 1.57. The van der Waals surface area contributed by atoms with E-state index in [0.29, 0.717) is 6.54 Å². The van der Waals surface area contributed by atoms with E-state index >= 15 is 0 Å². The molecule has 1 aliphatic heterocycles. The summed E-state index contributed by atoms with van der Waals surface area (Å²) in [7, 11) is 0. The number of piperazine rings is 1. The van der Waals surface area contributed by atoms with E-state index in [1.165, 1.54) is 16.8 Å². The van der Waals surface area contributed by atoms with Crippen molar-refractivity contribution >= 4 is 21.6 Å². The molecule has 0 unspecified atom stereocenters. The Hall–Kier alpha value is -1.36. The number of halogens is 1. The van der Waals surface area contributed by atoms with Crippen LogP contribution in [0.4, 0.5) is 5.69 Å². The highest BCUT2D eigenvalue weighted by Crippen LogP contribution is 2.24. The first-order chi connectivity index (χ1) is 11.5. The molecule has 2 aromatic carbocycles. The second-order valence-corrected chi connectivity index (χ2v) is 7.56. The molecule has 4 heteroatoms. The van der Waals surface area contributed by atoms with Crippen LogP contribution in [-0.4, -0.2) is 42.7 Å². The number of hydrogen-bond donors (Lipinski definition) is 1. The summed E-state index contributed by atoms with van der Waals surface area (Å²) < 4.78 is 1.04. The summed E-state index contributed by atoms with van der Waals surface area (Å²) in [6, 6.07) is 14.6. The quantitative estimate of drug-likeness (QED) is 0.859. The average molecular weight is 389 g/mol. The third-order valence-corrected chi connectivity index (χ3v) is 5.29. The minimum atomic E-state index is -0.426. The summed E-state index contributed by atoms with van der Waals surface area (Å²) >= 11 is 3.44. The van der Waals surface area contributed by atoms with Crippen LogP contribution in [0.15, 0.2) is 46.9 Å². The molecule has 0 saturated carbocycles. The number of aryl methyl sites for hydroxylation is 2. The zero-order valence-corrected chi connectivity index (χ0v) is 16.0. The fourth-order valence-electron chi connectivity index (χ4n) is 3.27. The number of nitrogens with zero attached hydrogens (tertiary/aromatic N) is 2. The molecule has 1 saturated heterocycles. The van der Waals surface area contributed by atoms with Gasteiger partial charge in [-0.05, 0) is 48.7 Å². The molecule has 1 fully saturated rings. The zero-order valence-electron chi connectivity index (χ0n) is 14.4. The van der Waals surface area contributed by atoms with E-state index in [4.69, 9.17) is 0 Å². The van der Waals surface area contributed by atoms with Crippen molar-refractivity contribution in [2.75, 3.05) is 37.6 Å². The lowest BCUT2D eigenvalue weighted by molar-refractivity contribution is 0.109. The Morgan fingerprint density at radius 2 is 1.67 bits per heavy atom. The standard InChI is InChI=1S/C20H25BrN2O/c1-15-3-4-16(2)19(13-15)23-11-9-22(10-12-23)14-20(24)17-5-7-18(21)8-6-17/h3-8,13,20,24H,9-12,14H2,1-2H3/t20-/m1/s1. The first-order valence-electron chi connectivity index (χ1n) is 8.51. The van der Waals surface area contributed by atoms with Crippen molar-refractivity contribution < 1.29 is 5.11 Å². The minimum Gasteiger partial charge on any atom is -0.387 e. The van der Waals surface area contributed by atoms with Crippen LogP contribution in [0.5, 0.6) is 0 Å². The second-order valence-electron chi connectivity index (χ2n) is 6.64. The third kappa shape index (κ3) is 4.18. The van der Waals surface area contributed by atoms with Crippen molar-refractivity contribution in [1.29, 1.82) is 0 Å². The smallest absolute Gasteiger partial charge is 0.0916 e. The number of benzene rings is 2. The highest BCUT2D eigenvalue weighted by atomic mass is 79.9. The van der Waals surface area contributed by atoms with Crippen molar-refractivity contribution in [3.63, 3.8) is 0 Å². The summed E-state index contributed by atoms with van der Waals surface area (Å²) in [6.45, 7) is 9.02. The van der Waals surface area contributed by atoms with Crippen LogP contribution in [0, 0.1) is 13.8 Å². The fraction of sp³-hybridized carbons (Fsp3) is 0.400. The third-order valence-electron chi connectivity index (χ3n) is 4.76. The Morgan fingerprint density at radius 3 is 2.33 bits per heavy atom. The van der Waals surface area contributed by atoms with Crippen LogP contribution in [0.3, 0.4) is 0 Å². The summed E-state index contributed by atoms with van der Waals surface area (Å²) in [6.07, 6.45) is -0.426. The van der Waals surface area contributed by atoms with E-state index in [2.05, 4.69) is 57.8 Å². The van der Waals surface area contributed by atoms with E-state index in [1.807, 2.05) is 24.3 Å². The van der Waals surface area contributed by atoms with Crippen LogP contribution in [0.2, 0.25) is 0 Å². The van der Waals surface area contributed by atoms with Gasteiger partial charge in [0.25, 0.3) is 0 Å². The van der Waals surface area contributed by atoms with E-state index in [0.717, 1.165) is 36.2 Å². The minimum absolute atomic E-state index is 0.426. The van der Waals surface area contributed by atoms with Crippen molar-refractivity contribution in [3.8, 4) is 0 Å². The van der Waals surface area contributed by atoms with Crippen LogP contribution in [0.1, 0.15) is 22.8 Å². The van der Waals surface area contributed by atoms with Gasteiger partial charge in [-0.25, -0.2) is 0 Å². The molecule has 0 aromatic heterocycles. The molecule has 0 radical (unpaired) electrons. The van der Waals surface area contributed by atoms with Crippen molar-refractivity contribution in [3.05, 3.63) is 63.6 Å². The van der Waals surface area contributed by atoms with Gasteiger partial charge >= 0.3 is 0 Å². The normalized spacial score (nSPS) is 17.1. The van der Waals surface area contributed by atoms with E-state index in [9.17, 15) is 5.11 Å². The van der Waals surface area contributed by atoms with Gasteiger partial charge in [0.2, 0.25) is 0 Å². The number of aliphatic hydroxyl groups excluding tert-OH is 1. The lowest BCUT2D eigenvalue weighted by atomic mass is 10.1. The van der Waals surface area contributed by atoms with E-state index < -0.39 is 6.10 Å². The lowest BCUT2D eigenvalue weighted by Gasteiger charge is -2.37. The summed E-state index contributed by atoms with van der Waals surface area (Å²) in [5.41, 5.74) is 4.98. The van der Waals surface area contributed by atoms with Crippen LogP contribution >= 0.6 is 15.9 Å². The Labute approximate surface area is 153 Å². The number of aliphatic hydroxyl groups is 1. The molecule has 1 aliphatic rings. The molecule has 0 amide bonds. The average Bonchev–Trinajstić information content (AvgIpc) is 2.58. The zero-order chi connectivity index (χ0) is 17.1. The maximum absolute atomic E-state index is 10.5. The summed E-state index contributed by atoms with van der Waals surface area (Å²) in [5, 5.41) is 10.5. The van der Waals surface area contributed by atoms with Gasteiger partial charge in [-0.15, -0.1) is 0 Å². The van der Waals surface area contributed by atoms with Crippen LogP contribution in [0.25, 0.3) is 0 Å². The molecule has 0 bridgehead atoms. The van der Waals surface area contributed by atoms with Crippen LogP contribution in [-0.2, 0) is 0 Å². The van der Waals surface area contributed by atoms with Crippen molar-refractivity contribution in [2.24, 2.45) is 0 Å². The SMILES string of the molecule is Cc1ccc(C)c(N2CCN(C[C@@H](O)c3ccc(Br)cc3)CC2)c1. The monoisotopic (exact) mass is 388 g/mol. The van der Waals surface area contributed by atoms with Crippen LogP contribution < -0.4 is 4.90 Å². The molecule has 0 aliphatic carbocycles. The highest BCUT2D eigenvalue weighted by Gasteiger charge is 2.21. The maximum Gasteiger partial charge on any atom is 0.0916 e. The van der Waals surface area contributed by atoms with Gasteiger partial charge in [0.15, 0.2) is 0 Å². The van der Waals surface area contributed by atoms with Crippen molar-refractivity contribution in [2.45, 2.75) is 20.0 Å². The first kappa shape index (κ1) is 17.5. The number of β-amino-alcohol motifs (C(OH)–C–C–N with tert-alkyl or cyclic N) is 1. The van der Waals surface area contributed by atoms with Gasteiger partial charge in [-0.3, -0.25) is 4.90 Å². The highest BCUT2D eigenvalue weighted by molar-refractivity contribution is 9.10. The Kier molecular flexibility index (Phi) is 5.59. The molecular weight excluding hydrogens is 364 g/mol. The molecular formula is C20H25BrN2O. The Bertz CT molecular complexity index is 679. The summed E-state index contributed by atoms with van der Waals surface area (Å²) in [4.78, 5) is 4.82. The molecule has 1 atom stereocenters. The van der Waals surface area contributed by atoms with E-state index in [1.54, 1.807) is 0 Å². The lowest BCUT2D eigenvalue weighted by Crippen LogP contribution is -2.47. The fourth-order valence-corrected chi connectivity index (χ4v) is 3.53. The molecule has 2 aromatic rings. The molecule has 1 heterocycles. The number of anilines is 1. The molecule has 0 spiro atoms. The number of rotatable bonds is 4. The predicted molar refractivity (Wildman–Crippen MR) is 104 cm³/mol. The largest absolute Gasteiger partial charge is 0.387 e. The van der Waals surface area contributed by atoms with Gasteiger partial charge in [0.1, 0.15) is 0 Å². The predicted octanol–water partition coefficient (Wildman–Crippen LogP) is 3.92. The van der Waals surface area contributed by atoms with Crippen molar-refractivity contribution in [1.82, 2.24) is 4.90 Å². The second kappa shape index (κ2) is 7.68. The molecule has 24 heavy (non-hydrogen) atoms. The molecule has 3 rings (SSSR count). The first-order valence-corrected chi connectivity index (χ1v) is 9.30. The maximum atomic E-state index is 10.5. The molecule has 128 valence electrons. The van der Waals surface area contributed by atoms with E-state index in [-0.39, 0.29) is 0 Å². The number of hydrogen-bond acceptors (Lipinski definition) is 3. The Morgan fingerprint density at radius 1 is 1.00 bits per heavy atom. The van der Waals surface area contributed by atoms with Gasteiger partial charge in [-0.2, -0.15) is 0 Å².